The van der Waals surface area contributed by atoms with Gasteiger partial charge < -0.3 is 15.5 Å². The van der Waals surface area contributed by atoms with Crippen LogP contribution in [0.15, 0.2) is 24.3 Å². The second-order valence-electron chi connectivity index (χ2n) is 6.76. The van der Waals surface area contributed by atoms with Gasteiger partial charge in [0.25, 0.3) is 0 Å². The molecule has 6 heteroatoms. The predicted octanol–water partition coefficient (Wildman–Crippen LogP) is 2.75. The molecule has 1 aromatic rings. The lowest BCUT2D eigenvalue weighted by Crippen LogP contribution is -2.45. The summed E-state index contributed by atoms with van der Waals surface area (Å²) in [6.07, 6.45) is 3.34. The van der Waals surface area contributed by atoms with Gasteiger partial charge in [0.2, 0.25) is 5.91 Å². The minimum atomic E-state index is 0.0230. The van der Waals surface area contributed by atoms with Gasteiger partial charge in [-0.2, -0.15) is 0 Å². The maximum absolute atomic E-state index is 12.4. The van der Waals surface area contributed by atoms with Crippen LogP contribution >= 0.6 is 11.6 Å². The maximum Gasteiger partial charge on any atom is 0.317 e. The standard InChI is InChI=1S/C18H24ClN3O2/c1-20-17(23)10-12-6-8-22(9-7-12)18(24)21-16-11-15(16)13-2-4-14(19)5-3-13/h2-5,12,15-16H,6-11H2,1H3,(H,20,23)(H,21,24)/t15-,16+/m0/s1. The molecule has 0 spiro atoms. The van der Waals surface area contributed by atoms with E-state index in [1.807, 2.05) is 29.2 Å². The second-order valence-corrected chi connectivity index (χ2v) is 7.19. The predicted molar refractivity (Wildman–Crippen MR) is 94.1 cm³/mol. The number of nitrogens with one attached hydrogen (secondary N) is 2. The Hall–Kier alpha value is -1.75. The topological polar surface area (TPSA) is 61.4 Å². The van der Waals surface area contributed by atoms with Gasteiger partial charge in [0, 0.05) is 43.5 Å². The third-order valence-corrected chi connectivity index (χ3v) is 5.30. The van der Waals surface area contributed by atoms with Crippen LogP contribution in [0.2, 0.25) is 5.02 Å². The van der Waals surface area contributed by atoms with Gasteiger partial charge in [0.15, 0.2) is 0 Å². The Labute approximate surface area is 147 Å². The van der Waals surface area contributed by atoms with E-state index in [4.69, 9.17) is 11.6 Å². The largest absolute Gasteiger partial charge is 0.359 e. The maximum atomic E-state index is 12.4. The van der Waals surface area contributed by atoms with E-state index >= 15 is 0 Å². The summed E-state index contributed by atoms with van der Waals surface area (Å²) in [7, 11) is 1.66. The van der Waals surface area contributed by atoms with Crippen LogP contribution < -0.4 is 10.6 Å². The van der Waals surface area contributed by atoms with E-state index in [-0.39, 0.29) is 18.0 Å². The average Bonchev–Trinajstić information content (AvgIpc) is 3.35. The zero-order valence-electron chi connectivity index (χ0n) is 13.9. The van der Waals surface area contributed by atoms with Gasteiger partial charge in [-0.1, -0.05) is 23.7 Å². The van der Waals surface area contributed by atoms with E-state index in [9.17, 15) is 9.59 Å². The zero-order valence-corrected chi connectivity index (χ0v) is 14.7. The quantitative estimate of drug-likeness (QED) is 0.878. The summed E-state index contributed by atoms with van der Waals surface area (Å²) in [6.45, 7) is 1.46. The van der Waals surface area contributed by atoms with Crippen molar-refractivity contribution in [2.45, 2.75) is 37.6 Å². The molecule has 1 heterocycles. The molecule has 3 rings (SSSR count). The first-order valence-corrected chi connectivity index (χ1v) is 8.96. The van der Waals surface area contributed by atoms with Gasteiger partial charge in [-0.25, -0.2) is 4.79 Å². The molecule has 0 aromatic heterocycles. The number of hydrogen-bond acceptors (Lipinski definition) is 2. The van der Waals surface area contributed by atoms with Crippen molar-refractivity contribution in [3.05, 3.63) is 34.9 Å². The molecule has 1 aliphatic carbocycles. The molecule has 1 aliphatic heterocycles. The molecule has 3 amide bonds. The highest BCUT2D eigenvalue weighted by Gasteiger charge is 2.40. The first-order valence-electron chi connectivity index (χ1n) is 8.58. The number of halogens is 1. The number of urea groups is 1. The van der Waals surface area contributed by atoms with Crippen LogP contribution in [0.3, 0.4) is 0 Å². The van der Waals surface area contributed by atoms with Crippen LogP contribution in [-0.4, -0.2) is 43.0 Å². The van der Waals surface area contributed by atoms with E-state index in [1.54, 1.807) is 7.05 Å². The van der Waals surface area contributed by atoms with Crippen LogP contribution in [0.4, 0.5) is 4.79 Å². The van der Waals surface area contributed by atoms with E-state index in [1.165, 1.54) is 5.56 Å². The van der Waals surface area contributed by atoms with Crippen molar-refractivity contribution >= 4 is 23.5 Å². The normalized spacial score (nSPS) is 23.7. The Morgan fingerprint density at radius 3 is 2.50 bits per heavy atom. The zero-order chi connectivity index (χ0) is 17.1. The van der Waals surface area contributed by atoms with E-state index in [2.05, 4.69) is 10.6 Å². The molecule has 0 radical (unpaired) electrons. The second kappa shape index (κ2) is 7.43. The molecule has 24 heavy (non-hydrogen) atoms. The summed E-state index contributed by atoms with van der Waals surface area (Å²) < 4.78 is 0. The number of hydrogen-bond donors (Lipinski definition) is 2. The lowest BCUT2D eigenvalue weighted by Gasteiger charge is -2.31. The van der Waals surface area contributed by atoms with Crippen molar-refractivity contribution in [3.8, 4) is 0 Å². The SMILES string of the molecule is CNC(=O)CC1CCN(C(=O)N[C@@H]2C[C@H]2c2ccc(Cl)cc2)CC1. The highest BCUT2D eigenvalue weighted by atomic mass is 35.5. The molecule has 2 N–H and O–H groups in total. The fourth-order valence-corrected chi connectivity index (χ4v) is 3.51. The van der Waals surface area contributed by atoms with Crippen molar-refractivity contribution in [2.24, 2.45) is 5.92 Å². The van der Waals surface area contributed by atoms with Crippen LogP contribution in [0.1, 0.15) is 37.2 Å². The fourth-order valence-electron chi connectivity index (χ4n) is 3.39. The summed E-state index contributed by atoms with van der Waals surface area (Å²) in [5.74, 6) is 0.871. The molecular weight excluding hydrogens is 326 g/mol. The molecule has 130 valence electrons. The van der Waals surface area contributed by atoms with Gasteiger partial charge in [-0.05, 0) is 42.9 Å². The highest BCUT2D eigenvalue weighted by molar-refractivity contribution is 6.30. The molecule has 2 fully saturated rings. The number of amides is 3. The Bertz CT molecular complexity index is 597. The molecule has 0 unspecified atom stereocenters. The van der Waals surface area contributed by atoms with Crippen molar-refractivity contribution in [1.29, 1.82) is 0 Å². The number of nitrogens with zero attached hydrogens (tertiary/aromatic N) is 1. The van der Waals surface area contributed by atoms with Gasteiger partial charge >= 0.3 is 6.03 Å². The van der Waals surface area contributed by atoms with Crippen LogP contribution in [0, 0.1) is 5.92 Å². The summed E-state index contributed by atoms with van der Waals surface area (Å²) in [5.41, 5.74) is 1.23. The van der Waals surface area contributed by atoms with E-state index in [0.29, 0.717) is 18.3 Å². The number of piperidine rings is 1. The van der Waals surface area contributed by atoms with Crippen molar-refractivity contribution in [1.82, 2.24) is 15.5 Å². The Morgan fingerprint density at radius 2 is 1.88 bits per heavy atom. The van der Waals surface area contributed by atoms with E-state index < -0.39 is 0 Å². The minimum Gasteiger partial charge on any atom is -0.359 e. The first-order chi connectivity index (χ1) is 11.6. The van der Waals surface area contributed by atoms with E-state index in [0.717, 1.165) is 37.4 Å². The van der Waals surface area contributed by atoms with Gasteiger partial charge in [0.05, 0.1) is 0 Å². The van der Waals surface area contributed by atoms with Crippen LogP contribution in [-0.2, 0) is 4.79 Å². The highest BCUT2D eigenvalue weighted by Crippen LogP contribution is 2.41. The lowest BCUT2D eigenvalue weighted by atomic mass is 9.93. The monoisotopic (exact) mass is 349 g/mol. The molecule has 2 atom stereocenters. The number of likely N-dealkylation sites (tertiary alicyclic amines) is 1. The third-order valence-electron chi connectivity index (χ3n) is 5.05. The number of carbonyl (C=O) groups excluding carboxylic acids is 2. The number of rotatable bonds is 4. The fraction of sp³-hybridized carbons (Fsp3) is 0.556. The van der Waals surface area contributed by atoms with Gasteiger partial charge in [-0.15, -0.1) is 0 Å². The summed E-state index contributed by atoms with van der Waals surface area (Å²) >= 11 is 5.91. The summed E-state index contributed by atoms with van der Waals surface area (Å²) in [4.78, 5) is 25.7. The molecule has 1 saturated heterocycles. The molecule has 0 bridgehead atoms. The first kappa shape index (κ1) is 17.1. The van der Waals surface area contributed by atoms with Gasteiger partial charge in [-0.3, -0.25) is 4.79 Å². The lowest BCUT2D eigenvalue weighted by molar-refractivity contribution is -0.121. The molecule has 2 aliphatic rings. The number of carbonyl (C=O) groups is 2. The third kappa shape index (κ3) is 4.20. The Morgan fingerprint density at radius 1 is 1.21 bits per heavy atom. The van der Waals surface area contributed by atoms with Crippen LogP contribution in [0.25, 0.3) is 0 Å². The van der Waals surface area contributed by atoms with Crippen LogP contribution in [0.5, 0.6) is 0 Å². The Balaban J connectivity index is 1.42. The number of benzene rings is 1. The summed E-state index contributed by atoms with van der Waals surface area (Å²) in [5, 5.41) is 6.53. The van der Waals surface area contributed by atoms with Crippen molar-refractivity contribution in [3.63, 3.8) is 0 Å². The summed E-state index contributed by atoms with van der Waals surface area (Å²) in [6, 6.07) is 8.10. The molecule has 1 saturated carbocycles. The Kier molecular flexibility index (Phi) is 5.29. The van der Waals surface area contributed by atoms with Crippen molar-refractivity contribution < 1.29 is 9.59 Å². The minimum absolute atomic E-state index is 0.0230. The molecular formula is C18H24ClN3O2. The van der Waals surface area contributed by atoms with Gasteiger partial charge in [0.1, 0.15) is 0 Å². The van der Waals surface area contributed by atoms with Crippen molar-refractivity contribution in [2.75, 3.05) is 20.1 Å². The molecule has 1 aromatic carbocycles. The smallest absolute Gasteiger partial charge is 0.317 e. The average molecular weight is 350 g/mol. The molecule has 5 nitrogen and oxygen atoms in total.